The normalized spacial score (nSPS) is 15.9. The van der Waals surface area contributed by atoms with Crippen LogP contribution in [0, 0.1) is 0 Å². The second-order valence-electron chi connectivity index (χ2n) is 5.05. The minimum atomic E-state index is -1.06. The Morgan fingerprint density at radius 3 is 2.91 bits per heavy atom. The van der Waals surface area contributed by atoms with E-state index in [1.165, 1.54) is 15.5 Å². The molecule has 1 N–H and O–H groups in total. The van der Waals surface area contributed by atoms with Crippen molar-refractivity contribution < 1.29 is 14.6 Å². The van der Waals surface area contributed by atoms with Crippen LogP contribution in [0.3, 0.4) is 0 Å². The Morgan fingerprint density at radius 2 is 2.22 bits per heavy atom. The molecule has 0 bridgehead atoms. The quantitative estimate of drug-likeness (QED) is 0.785. The number of hydrogen-bond acceptors (Lipinski definition) is 5. The van der Waals surface area contributed by atoms with Crippen LogP contribution in [0.25, 0.3) is 5.65 Å². The molecule has 1 saturated heterocycles. The minimum Gasteiger partial charge on any atom is -0.465 e. The number of hydrogen-bond donors (Lipinski definition) is 1. The molecule has 0 spiro atoms. The lowest BCUT2D eigenvalue weighted by Crippen LogP contribution is -2.43. The molecule has 3 heterocycles. The fraction of sp³-hybridized carbons (Fsp3) is 0.462. The molecule has 1 aliphatic heterocycles. The summed E-state index contributed by atoms with van der Waals surface area (Å²) in [6.07, 6.45) is 0.498. The van der Waals surface area contributed by atoms with Gasteiger partial charge in [-0.1, -0.05) is 11.6 Å². The number of nitrogens with zero attached hydrogens (tertiary/aromatic N) is 5. The minimum absolute atomic E-state index is 0.214. The maximum atomic E-state index is 11.7. The fourth-order valence-corrected chi connectivity index (χ4v) is 2.98. The first-order valence-electron chi connectivity index (χ1n) is 7.06. The summed E-state index contributed by atoms with van der Waals surface area (Å²) in [5, 5.41) is 14.0. The number of carbonyl (C=O) groups is 1. The molecule has 23 heavy (non-hydrogen) atoms. The standard InChI is InChI=1S/C13H15BrClN5O3/c14-9-8-16-20-11(7-10(15)17-12(9)20)19(13(21)22)2-1-18-3-5-23-6-4-18/h7-8H,1-6H2,(H,21,22). The predicted octanol–water partition coefficient (Wildman–Crippen LogP) is 1.96. The number of anilines is 1. The van der Waals surface area contributed by atoms with Crippen molar-refractivity contribution in [1.29, 1.82) is 0 Å². The van der Waals surface area contributed by atoms with Gasteiger partial charge in [0.25, 0.3) is 0 Å². The Morgan fingerprint density at radius 1 is 1.48 bits per heavy atom. The molecule has 0 radical (unpaired) electrons. The summed E-state index contributed by atoms with van der Waals surface area (Å²) < 4.78 is 7.41. The molecule has 0 unspecified atom stereocenters. The third-order valence-electron chi connectivity index (χ3n) is 3.63. The Labute approximate surface area is 145 Å². The molecule has 0 aromatic carbocycles. The van der Waals surface area contributed by atoms with Crippen molar-refractivity contribution in [3.63, 3.8) is 0 Å². The van der Waals surface area contributed by atoms with E-state index < -0.39 is 6.09 Å². The number of rotatable bonds is 4. The zero-order valence-electron chi connectivity index (χ0n) is 12.2. The van der Waals surface area contributed by atoms with Crippen LogP contribution in [0.1, 0.15) is 0 Å². The average Bonchev–Trinajstić information content (AvgIpc) is 2.89. The first-order chi connectivity index (χ1) is 11.1. The highest BCUT2D eigenvalue weighted by molar-refractivity contribution is 9.10. The van der Waals surface area contributed by atoms with E-state index in [4.69, 9.17) is 16.3 Å². The van der Waals surface area contributed by atoms with Crippen molar-refractivity contribution in [1.82, 2.24) is 19.5 Å². The molecule has 0 atom stereocenters. The Hall–Kier alpha value is -1.42. The summed E-state index contributed by atoms with van der Waals surface area (Å²) >= 11 is 9.36. The number of aromatic nitrogens is 3. The molecule has 3 rings (SSSR count). The van der Waals surface area contributed by atoms with E-state index in [1.54, 1.807) is 6.20 Å². The van der Waals surface area contributed by atoms with E-state index in [2.05, 4.69) is 30.9 Å². The van der Waals surface area contributed by atoms with Gasteiger partial charge in [0, 0.05) is 32.2 Å². The van der Waals surface area contributed by atoms with E-state index in [9.17, 15) is 9.90 Å². The highest BCUT2D eigenvalue weighted by Gasteiger charge is 2.22. The van der Waals surface area contributed by atoms with E-state index in [-0.39, 0.29) is 5.15 Å². The van der Waals surface area contributed by atoms with Gasteiger partial charge in [-0.2, -0.15) is 9.61 Å². The van der Waals surface area contributed by atoms with Crippen LogP contribution in [0.15, 0.2) is 16.7 Å². The topological polar surface area (TPSA) is 83.2 Å². The predicted molar refractivity (Wildman–Crippen MR) is 88.3 cm³/mol. The second kappa shape index (κ2) is 7.00. The number of ether oxygens (including phenoxy) is 1. The third kappa shape index (κ3) is 3.57. The maximum Gasteiger partial charge on any atom is 0.413 e. The van der Waals surface area contributed by atoms with Crippen LogP contribution in [-0.4, -0.2) is 70.1 Å². The number of fused-ring (bicyclic) bond motifs is 1. The Kier molecular flexibility index (Phi) is 5.00. The second-order valence-corrected chi connectivity index (χ2v) is 6.29. The Balaban J connectivity index is 1.87. The van der Waals surface area contributed by atoms with Gasteiger partial charge in [-0.15, -0.1) is 0 Å². The molecule has 1 fully saturated rings. The van der Waals surface area contributed by atoms with E-state index in [1.807, 2.05) is 0 Å². The van der Waals surface area contributed by atoms with Crippen molar-refractivity contribution in [2.24, 2.45) is 0 Å². The fourth-order valence-electron chi connectivity index (χ4n) is 2.46. The molecule has 2 aromatic heterocycles. The number of halogens is 2. The molecule has 124 valence electrons. The average molecular weight is 405 g/mol. The maximum absolute atomic E-state index is 11.7. The zero-order valence-corrected chi connectivity index (χ0v) is 14.5. The zero-order chi connectivity index (χ0) is 16.4. The highest BCUT2D eigenvalue weighted by atomic mass is 79.9. The summed E-state index contributed by atoms with van der Waals surface area (Å²) in [7, 11) is 0. The van der Waals surface area contributed by atoms with Crippen LogP contribution < -0.4 is 4.90 Å². The van der Waals surface area contributed by atoms with Crippen molar-refractivity contribution in [3.8, 4) is 0 Å². The van der Waals surface area contributed by atoms with Crippen LogP contribution >= 0.6 is 27.5 Å². The van der Waals surface area contributed by atoms with Gasteiger partial charge in [0.15, 0.2) is 5.65 Å². The summed E-state index contributed by atoms with van der Waals surface area (Å²) in [6, 6.07) is 1.50. The first kappa shape index (κ1) is 16.4. The number of amides is 1. The summed E-state index contributed by atoms with van der Waals surface area (Å²) in [5.74, 6) is 0.367. The van der Waals surface area contributed by atoms with Gasteiger partial charge in [0.1, 0.15) is 11.0 Å². The molecular weight excluding hydrogens is 390 g/mol. The molecule has 1 amide bonds. The van der Waals surface area contributed by atoms with E-state index >= 15 is 0 Å². The van der Waals surface area contributed by atoms with Gasteiger partial charge in [-0.3, -0.25) is 9.80 Å². The largest absolute Gasteiger partial charge is 0.465 e. The van der Waals surface area contributed by atoms with Crippen LogP contribution in [-0.2, 0) is 4.74 Å². The van der Waals surface area contributed by atoms with Crippen molar-refractivity contribution in [2.75, 3.05) is 44.3 Å². The lowest BCUT2D eigenvalue weighted by atomic mass is 10.4. The lowest BCUT2D eigenvalue weighted by Gasteiger charge is -2.29. The first-order valence-corrected chi connectivity index (χ1v) is 8.23. The van der Waals surface area contributed by atoms with E-state index in [0.717, 1.165) is 13.1 Å². The molecule has 1 aliphatic rings. The van der Waals surface area contributed by atoms with Crippen LogP contribution in [0.5, 0.6) is 0 Å². The SMILES string of the molecule is O=C(O)N(CCN1CCOCC1)c1cc(Cl)nc2c(Br)cnn12. The Bertz CT molecular complexity index is 719. The van der Waals surface area contributed by atoms with Gasteiger partial charge in [-0.05, 0) is 15.9 Å². The number of morpholine rings is 1. The van der Waals surface area contributed by atoms with Gasteiger partial charge in [0.2, 0.25) is 0 Å². The monoisotopic (exact) mass is 403 g/mol. The van der Waals surface area contributed by atoms with Gasteiger partial charge in [0.05, 0.1) is 23.9 Å². The third-order valence-corrected chi connectivity index (χ3v) is 4.38. The van der Waals surface area contributed by atoms with E-state index in [0.29, 0.717) is 42.2 Å². The molecule has 2 aromatic rings. The molecule has 0 aliphatic carbocycles. The van der Waals surface area contributed by atoms with Gasteiger partial charge < -0.3 is 9.84 Å². The molecule has 0 saturated carbocycles. The van der Waals surface area contributed by atoms with Crippen LogP contribution in [0.2, 0.25) is 5.15 Å². The molecular formula is C13H15BrClN5O3. The lowest BCUT2D eigenvalue weighted by molar-refractivity contribution is 0.0392. The van der Waals surface area contributed by atoms with Crippen LogP contribution in [0.4, 0.5) is 10.6 Å². The molecule has 10 heteroatoms. The summed E-state index contributed by atoms with van der Waals surface area (Å²) in [6.45, 7) is 3.86. The van der Waals surface area contributed by atoms with Crippen molar-refractivity contribution in [3.05, 3.63) is 21.9 Å². The summed E-state index contributed by atoms with van der Waals surface area (Å²) in [5.41, 5.74) is 0.477. The number of carboxylic acid groups (broad SMARTS) is 1. The van der Waals surface area contributed by atoms with Crippen molar-refractivity contribution in [2.45, 2.75) is 0 Å². The van der Waals surface area contributed by atoms with Crippen molar-refractivity contribution >= 4 is 45.1 Å². The van der Waals surface area contributed by atoms with Gasteiger partial charge >= 0.3 is 6.09 Å². The summed E-state index contributed by atoms with van der Waals surface area (Å²) in [4.78, 5) is 19.3. The molecule has 8 nitrogen and oxygen atoms in total. The highest BCUT2D eigenvalue weighted by Crippen LogP contribution is 2.24. The van der Waals surface area contributed by atoms with Gasteiger partial charge in [-0.25, -0.2) is 9.78 Å². The smallest absolute Gasteiger partial charge is 0.413 e.